The van der Waals surface area contributed by atoms with E-state index in [0.29, 0.717) is 36.7 Å². The number of esters is 1. The van der Waals surface area contributed by atoms with E-state index >= 15 is 0 Å². The molecule has 0 bridgehead atoms. The molecule has 1 fully saturated rings. The zero-order valence-corrected chi connectivity index (χ0v) is 17.0. The third kappa shape index (κ3) is 5.71. The second-order valence-corrected chi connectivity index (χ2v) is 6.88. The van der Waals surface area contributed by atoms with E-state index in [9.17, 15) is 9.59 Å². The van der Waals surface area contributed by atoms with Crippen molar-refractivity contribution in [2.24, 2.45) is 0 Å². The quantitative estimate of drug-likeness (QED) is 0.570. The van der Waals surface area contributed by atoms with Gasteiger partial charge in [0, 0.05) is 36.7 Å². The zero-order valence-electron chi connectivity index (χ0n) is 17.0. The van der Waals surface area contributed by atoms with Gasteiger partial charge < -0.3 is 30.1 Å². The van der Waals surface area contributed by atoms with Crippen molar-refractivity contribution >= 4 is 28.9 Å². The van der Waals surface area contributed by atoms with Gasteiger partial charge in [0.25, 0.3) is 5.91 Å². The first-order valence-electron chi connectivity index (χ1n) is 9.97. The zero-order chi connectivity index (χ0) is 21.3. The largest absolute Gasteiger partial charge is 0.449 e. The lowest BCUT2D eigenvalue weighted by atomic mass is 10.1. The van der Waals surface area contributed by atoms with Crippen LogP contribution in [0.1, 0.15) is 17.3 Å². The van der Waals surface area contributed by atoms with Crippen molar-refractivity contribution in [1.82, 2.24) is 0 Å². The molecule has 1 aliphatic heterocycles. The lowest BCUT2D eigenvalue weighted by Crippen LogP contribution is -2.36. The number of carbonyl (C=O) groups is 2. The topological polar surface area (TPSA) is 100 Å². The first kappa shape index (κ1) is 21.6. The number of para-hydroxylation sites is 1. The fraction of sp³-hybridized carbons (Fsp3) is 0.364. The fourth-order valence-corrected chi connectivity index (χ4v) is 3.10. The molecular weight excluding hydrogens is 386 g/mol. The van der Waals surface area contributed by atoms with Crippen molar-refractivity contribution in [2.75, 3.05) is 55.0 Å². The molecule has 0 spiro atoms. The summed E-state index contributed by atoms with van der Waals surface area (Å²) in [6, 6.07) is 14.3. The fourth-order valence-electron chi connectivity index (χ4n) is 3.10. The highest BCUT2D eigenvalue weighted by Crippen LogP contribution is 2.20. The van der Waals surface area contributed by atoms with E-state index in [-0.39, 0.29) is 6.61 Å². The highest BCUT2D eigenvalue weighted by Gasteiger charge is 2.21. The molecule has 8 nitrogen and oxygen atoms in total. The van der Waals surface area contributed by atoms with Crippen molar-refractivity contribution in [3.8, 4) is 0 Å². The van der Waals surface area contributed by atoms with Crippen LogP contribution in [0.5, 0.6) is 0 Å². The van der Waals surface area contributed by atoms with Gasteiger partial charge in [0.2, 0.25) is 0 Å². The number of aliphatic hydroxyl groups is 1. The Morgan fingerprint density at radius 1 is 1.13 bits per heavy atom. The summed E-state index contributed by atoms with van der Waals surface area (Å²) in [5, 5.41) is 14.7. The minimum atomic E-state index is -0.970. The van der Waals surface area contributed by atoms with Crippen molar-refractivity contribution in [3.63, 3.8) is 0 Å². The molecule has 0 saturated carbocycles. The molecule has 0 aromatic heterocycles. The smallest absolute Gasteiger partial charge is 0.341 e. The van der Waals surface area contributed by atoms with Crippen LogP contribution in [0.3, 0.4) is 0 Å². The number of morpholine rings is 1. The highest BCUT2D eigenvalue weighted by molar-refractivity contribution is 5.99. The Hall–Kier alpha value is -3.10. The van der Waals surface area contributed by atoms with Gasteiger partial charge in [-0.3, -0.25) is 4.79 Å². The van der Waals surface area contributed by atoms with Gasteiger partial charge in [-0.15, -0.1) is 0 Å². The number of anilines is 3. The van der Waals surface area contributed by atoms with E-state index in [4.69, 9.17) is 14.6 Å². The minimum Gasteiger partial charge on any atom is -0.449 e. The summed E-state index contributed by atoms with van der Waals surface area (Å²) in [5.41, 5.74) is 2.55. The van der Waals surface area contributed by atoms with Crippen LogP contribution >= 0.6 is 0 Å². The van der Waals surface area contributed by atoms with Crippen LogP contribution in [-0.4, -0.2) is 62.5 Å². The summed E-state index contributed by atoms with van der Waals surface area (Å²) in [4.78, 5) is 27.2. The highest BCUT2D eigenvalue weighted by atomic mass is 16.5. The number of aliphatic hydroxyl groups excluding tert-OH is 1. The number of rotatable bonds is 8. The molecule has 160 valence electrons. The van der Waals surface area contributed by atoms with Crippen molar-refractivity contribution in [3.05, 3.63) is 54.1 Å². The monoisotopic (exact) mass is 413 g/mol. The van der Waals surface area contributed by atoms with Crippen LogP contribution in [0.25, 0.3) is 0 Å². The number of hydrogen-bond acceptors (Lipinski definition) is 7. The van der Waals surface area contributed by atoms with Gasteiger partial charge in [0.05, 0.1) is 25.4 Å². The van der Waals surface area contributed by atoms with Gasteiger partial charge in [-0.1, -0.05) is 12.1 Å². The molecule has 30 heavy (non-hydrogen) atoms. The maximum atomic E-state index is 12.5. The summed E-state index contributed by atoms with van der Waals surface area (Å²) in [7, 11) is 0. The second kappa shape index (κ2) is 10.6. The van der Waals surface area contributed by atoms with Crippen LogP contribution in [0, 0.1) is 0 Å². The Balaban J connectivity index is 1.56. The number of carbonyl (C=O) groups excluding carboxylic acids is 2. The Morgan fingerprint density at radius 3 is 2.53 bits per heavy atom. The van der Waals surface area contributed by atoms with E-state index in [1.54, 1.807) is 24.3 Å². The van der Waals surface area contributed by atoms with E-state index in [0.717, 1.165) is 18.8 Å². The molecule has 1 heterocycles. The number of nitrogens with one attached hydrogen (secondary N) is 2. The SMILES string of the molecule is C[C@H](OC(=O)c1ccccc1NCCO)C(=O)Nc1ccc(N2CCOCC2)cc1. The molecule has 1 aliphatic rings. The van der Waals surface area contributed by atoms with E-state index in [2.05, 4.69) is 15.5 Å². The maximum absolute atomic E-state index is 12.5. The average Bonchev–Trinajstić information content (AvgIpc) is 2.78. The standard InChI is InChI=1S/C22H27N3O5/c1-16(30-22(28)19-4-2-3-5-20(19)23-10-13-26)21(27)24-17-6-8-18(9-7-17)25-11-14-29-15-12-25/h2-9,16,23,26H,10-15H2,1H3,(H,24,27)/t16-/m0/s1. The molecule has 3 N–H and O–H groups in total. The average molecular weight is 413 g/mol. The van der Waals surface area contributed by atoms with Gasteiger partial charge in [-0.25, -0.2) is 4.79 Å². The van der Waals surface area contributed by atoms with Crippen LogP contribution in [0.2, 0.25) is 0 Å². The molecule has 1 atom stereocenters. The lowest BCUT2D eigenvalue weighted by molar-refractivity contribution is -0.123. The van der Waals surface area contributed by atoms with Crippen LogP contribution in [-0.2, 0) is 14.3 Å². The minimum absolute atomic E-state index is 0.0630. The Kier molecular flexibility index (Phi) is 7.64. The van der Waals surface area contributed by atoms with E-state index in [1.807, 2.05) is 24.3 Å². The molecule has 0 unspecified atom stereocenters. The van der Waals surface area contributed by atoms with Gasteiger partial charge in [-0.2, -0.15) is 0 Å². The lowest BCUT2D eigenvalue weighted by Gasteiger charge is -2.28. The Labute approximate surface area is 175 Å². The van der Waals surface area contributed by atoms with Crippen molar-refractivity contribution in [2.45, 2.75) is 13.0 Å². The van der Waals surface area contributed by atoms with Crippen molar-refractivity contribution in [1.29, 1.82) is 0 Å². The molecule has 2 aromatic rings. The van der Waals surface area contributed by atoms with Crippen LogP contribution < -0.4 is 15.5 Å². The van der Waals surface area contributed by atoms with Crippen LogP contribution in [0.15, 0.2) is 48.5 Å². The number of benzene rings is 2. The molecular formula is C22H27N3O5. The predicted octanol–water partition coefficient (Wildman–Crippen LogP) is 2.11. The summed E-state index contributed by atoms with van der Waals surface area (Å²) in [5.74, 6) is -1.02. The molecule has 2 aromatic carbocycles. The number of hydrogen-bond donors (Lipinski definition) is 3. The number of amides is 1. The van der Waals surface area contributed by atoms with Gasteiger partial charge in [0.15, 0.2) is 6.10 Å². The molecule has 1 amide bonds. The summed E-state index contributed by atoms with van der Waals surface area (Å²) < 4.78 is 10.7. The normalized spacial score (nSPS) is 14.7. The Bertz CT molecular complexity index is 850. The number of nitrogens with zero attached hydrogens (tertiary/aromatic N) is 1. The van der Waals surface area contributed by atoms with Gasteiger partial charge >= 0.3 is 5.97 Å². The van der Waals surface area contributed by atoms with E-state index < -0.39 is 18.0 Å². The third-order valence-electron chi connectivity index (χ3n) is 4.74. The summed E-state index contributed by atoms with van der Waals surface area (Å²) in [6.45, 7) is 4.87. The van der Waals surface area contributed by atoms with Crippen LogP contribution in [0.4, 0.5) is 17.1 Å². The second-order valence-electron chi connectivity index (χ2n) is 6.88. The Morgan fingerprint density at radius 2 is 1.83 bits per heavy atom. The summed E-state index contributed by atoms with van der Waals surface area (Å²) >= 11 is 0. The maximum Gasteiger partial charge on any atom is 0.341 e. The van der Waals surface area contributed by atoms with E-state index in [1.165, 1.54) is 6.92 Å². The van der Waals surface area contributed by atoms with Gasteiger partial charge in [-0.05, 0) is 43.3 Å². The van der Waals surface area contributed by atoms with Gasteiger partial charge in [0.1, 0.15) is 0 Å². The molecule has 1 saturated heterocycles. The molecule has 0 radical (unpaired) electrons. The first-order chi connectivity index (χ1) is 14.6. The third-order valence-corrected chi connectivity index (χ3v) is 4.74. The number of ether oxygens (including phenoxy) is 2. The van der Waals surface area contributed by atoms with Crippen molar-refractivity contribution < 1.29 is 24.2 Å². The molecule has 0 aliphatic carbocycles. The molecule has 8 heteroatoms. The molecule has 3 rings (SSSR count). The first-order valence-corrected chi connectivity index (χ1v) is 9.97. The predicted molar refractivity (Wildman–Crippen MR) is 115 cm³/mol. The summed E-state index contributed by atoms with van der Waals surface area (Å²) in [6.07, 6.45) is -0.970.